The normalized spacial score (nSPS) is 16.5. The number of hydrogen-bond donors (Lipinski definition) is 1. The van der Waals surface area contributed by atoms with Crippen LogP contribution in [0.4, 0.5) is 0 Å². The van der Waals surface area contributed by atoms with Gasteiger partial charge >= 0.3 is 0 Å². The molecular weight excluding hydrogens is 158 g/mol. The first-order valence-electron chi connectivity index (χ1n) is 5.07. The van der Waals surface area contributed by atoms with Crippen molar-refractivity contribution in [1.29, 1.82) is 0 Å². The van der Waals surface area contributed by atoms with Crippen molar-refractivity contribution < 1.29 is 0 Å². The largest absolute Gasteiger partial charge is 0.313 e. The van der Waals surface area contributed by atoms with E-state index in [0.29, 0.717) is 0 Å². The first-order chi connectivity index (χ1) is 6.27. The van der Waals surface area contributed by atoms with Gasteiger partial charge in [-0.3, -0.25) is 0 Å². The lowest BCUT2D eigenvalue weighted by molar-refractivity contribution is 0.680. The molecule has 0 saturated carbocycles. The van der Waals surface area contributed by atoms with Crippen LogP contribution in [0.5, 0.6) is 0 Å². The van der Waals surface area contributed by atoms with Crippen LogP contribution in [-0.4, -0.2) is 6.54 Å². The Morgan fingerprint density at radius 3 is 2.92 bits per heavy atom. The summed E-state index contributed by atoms with van der Waals surface area (Å²) >= 11 is 0. The molecule has 0 unspecified atom stereocenters. The molecule has 0 aliphatic carbocycles. The standard InChI is InChI=1S/C12H17N/c1-9-6-10(2)12-4-3-5-13-8-11(12)7-9/h6-7,13H,3-5,8H2,1-2H3. The minimum atomic E-state index is 1.05. The summed E-state index contributed by atoms with van der Waals surface area (Å²) in [4.78, 5) is 0. The van der Waals surface area contributed by atoms with Crippen LogP contribution in [0, 0.1) is 13.8 Å². The average Bonchev–Trinajstić information content (AvgIpc) is 2.28. The second-order valence-electron chi connectivity index (χ2n) is 4.00. The second-order valence-corrected chi connectivity index (χ2v) is 4.00. The fourth-order valence-corrected chi connectivity index (χ4v) is 2.21. The van der Waals surface area contributed by atoms with Gasteiger partial charge in [0.15, 0.2) is 0 Å². The summed E-state index contributed by atoms with van der Waals surface area (Å²) in [6, 6.07) is 4.62. The molecule has 2 rings (SSSR count). The van der Waals surface area contributed by atoms with E-state index >= 15 is 0 Å². The summed E-state index contributed by atoms with van der Waals surface area (Å²) in [6.45, 7) is 6.63. The third-order valence-corrected chi connectivity index (χ3v) is 2.81. The fraction of sp³-hybridized carbons (Fsp3) is 0.500. The lowest BCUT2D eigenvalue weighted by atomic mass is 9.96. The minimum absolute atomic E-state index is 1.05. The van der Waals surface area contributed by atoms with E-state index < -0.39 is 0 Å². The summed E-state index contributed by atoms with van der Waals surface area (Å²) in [5, 5.41) is 3.46. The zero-order valence-electron chi connectivity index (χ0n) is 8.48. The van der Waals surface area contributed by atoms with E-state index in [2.05, 4.69) is 31.3 Å². The summed E-state index contributed by atoms with van der Waals surface area (Å²) in [5.41, 5.74) is 5.95. The minimum Gasteiger partial charge on any atom is -0.313 e. The van der Waals surface area contributed by atoms with Crippen LogP contribution in [0.25, 0.3) is 0 Å². The highest BCUT2D eigenvalue weighted by Crippen LogP contribution is 2.20. The molecule has 1 aromatic rings. The Morgan fingerprint density at radius 2 is 2.08 bits per heavy atom. The zero-order valence-corrected chi connectivity index (χ0v) is 8.48. The molecule has 0 atom stereocenters. The molecule has 1 aliphatic rings. The van der Waals surface area contributed by atoms with Crippen LogP contribution in [0.2, 0.25) is 0 Å². The maximum atomic E-state index is 3.46. The lowest BCUT2D eigenvalue weighted by Gasteiger charge is -2.10. The number of nitrogens with one attached hydrogen (secondary N) is 1. The van der Waals surface area contributed by atoms with Crippen molar-refractivity contribution in [3.8, 4) is 0 Å². The van der Waals surface area contributed by atoms with Gasteiger partial charge < -0.3 is 5.32 Å². The number of aryl methyl sites for hydroxylation is 2. The SMILES string of the molecule is Cc1cc(C)c2c(c1)CNCCC2. The summed E-state index contributed by atoms with van der Waals surface area (Å²) in [6.07, 6.45) is 2.52. The predicted octanol–water partition coefficient (Wildman–Crippen LogP) is 2.34. The van der Waals surface area contributed by atoms with Crippen molar-refractivity contribution in [2.24, 2.45) is 0 Å². The average molecular weight is 175 g/mol. The molecule has 0 fully saturated rings. The van der Waals surface area contributed by atoms with Crippen LogP contribution in [0.1, 0.15) is 28.7 Å². The highest BCUT2D eigenvalue weighted by Gasteiger charge is 2.09. The van der Waals surface area contributed by atoms with Gasteiger partial charge in [-0.2, -0.15) is 0 Å². The van der Waals surface area contributed by atoms with Crippen LogP contribution in [-0.2, 0) is 13.0 Å². The highest BCUT2D eigenvalue weighted by atomic mass is 14.8. The van der Waals surface area contributed by atoms with Gasteiger partial charge in [0, 0.05) is 6.54 Å². The molecule has 13 heavy (non-hydrogen) atoms. The van der Waals surface area contributed by atoms with E-state index in [1.165, 1.54) is 29.5 Å². The number of benzene rings is 1. The molecule has 70 valence electrons. The monoisotopic (exact) mass is 175 g/mol. The molecule has 0 spiro atoms. The van der Waals surface area contributed by atoms with Gasteiger partial charge in [-0.15, -0.1) is 0 Å². The van der Waals surface area contributed by atoms with Gasteiger partial charge in [-0.25, -0.2) is 0 Å². The van der Waals surface area contributed by atoms with E-state index in [9.17, 15) is 0 Å². The van der Waals surface area contributed by atoms with E-state index in [-0.39, 0.29) is 0 Å². The third kappa shape index (κ3) is 1.75. The molecule has 0 aromatic heterocycles. The van der Waals surface area contributed by atoms with Crippen LogP contribution in [0.15, 0.2) is 12.1 Å². The predicted molar refractivity (Wildman–Crippen MR) is 55.9 cm³/mol. The molecule has 1 aliphatic heterocycles. The van der Waals surface area contributed by atoms with Crippen LogP contribution >= 0.6 is 0 Å². The van der Waals surface area contributed by atoms with Crippen molar-refractivity contribution >= 4 is 0 Å². The van der Waals surface area contributed by atoms with Crippen molar-refractivity contribution in [2.45, 2.75) is 33.2 Å². The molecular formula is C12H17N. The maximum Gasteiger partial charge on any atom is 0.0208 e. The number of fused-ring (bicyclic) bond motifs is 1. The Bertz CT molecular complexity index is 315. The van der Waals surface area contributed by atoms with Crippen molar-refractivity contribution in [3.63, 3.8) is 0 Å². The quantitative estimate of drug-likeness (QED) is 0.638. The summed E-state index contributed by atoms with van der Waals surface area (Å²) in [7, 11) is 0. The van der Waals surface area contributed by atoms with Gasteiger partial charge in [0.2, 0.25) is 0 Å². The Morgan fingerprint density at radius 1 is 1.23 bits per heavy atom. The van der Waals surface area contributed by atoms with E-state index in [1.54, 1.807) is 5.56 Å². The topological polar surface area (TPSA) is 12.0 Å². The van der Waals surface area contributed by atoms with Gasteiger partial charge in [-0.05, 0) is 49.9 Å². The Balaban J connectivity index is 2.47. The van der Waals surface area contributed by atoms with Crippen LogP contribution in [0.3, 0.4) is 0 Å². The van der Waals surface area contributed by atoms with E-state index in [4.69, 9.17) is 0 Å². The maximum absolute atomic E-state index is 3.46. The van der Waals surface area contributed by atoms with E-state index in [0.717, 1.165) is 13.1 Å². The molecule has 1 aromatic carbocycles. The lowest BCUT2D eigenvalue weighted by Crippen LogP contribution is -2.12. The van der Waals surface area contributed by atoms with Gasteiger partial charge in [0.05, 0.1) is 0 Å². The molecule has 1 nitrogen and oxygen atoms in total. The van der Waals surface area contributed by atoms with Crippen LogP contribution < -0.4 is 5.32 Å². The fourth-order valence-electron chi connectivity index (χ4n) is 2.21. The first kappa shape index (κ1) is 8.76. The molecule has 1 heterocycles. The van der Waals surface area contributed by atoms with Crippen molar-refractivity contribution in [1.82, 2.24) is 5.32 Å². The highest BCUT2D eigenvalue weighted by molar-refractivity contribution is 5.38. The summed E-state index contributed by atoms with van der Waals surface area (Å²) in [5.74, 6) is 0. The first-order valence-corrected chi connectivity index (χ1v) is 5.07. The molecule has 1 heteroatoms. The van der Waals surface area contributed by atoms with Gasteiger partial charge in [0.1, 0.15) is 0 Å². The molecule has 0 radical (unpaired) electrons. The Hall–Kier alpha value is -0.820. The number of hydrogen-bond acceptors (Lipinski definition) is 1. The smallest absolute Gasteiger partial charge is 0.0208 e. The number of rotatable bonds is 0. The van der Waals surface area contributed by atoms with Crippen molar-refractivity contribution in [3.05, 3.63) is 34.4 Å². The molecule has 0 saturated heterocycles. The Labute approximate surface area is 80.2 Å². The molecule has 0 amide bonds. The Kier molecular flexibility index (Phi) is 2.36. The van der Waals surface area contributed by atoms with Gasteiger partial charge in [-0.1, -0.05) is 17.7 Å². The zero-order chi connectivity index (χ0) is 9.26. The van der Waals surface area contributed by atoms with Crippen molar-refractivity contribution in [2.75, 3.05) is 6.54 Å². The molecule has 1 N–H and O–H groups in total. The summed E-state index contributed by atoms with van der Waals surface area (Å²) < 4.78 is 0. The van der Waals surface area contributed by atoms with Gasteiger partial charge in [0.25, 0.3) is 0 Å². The molecule has 0 bridgehead atoms. The third-order valence-electron chi connectivity index (χ3n) is 2.81. The second kappa shape index (κ2) is 3.51. The van der Waals surface area contributed by atoms with E-state index in [1.807, 2.05) is 0 Å².